The van der Waals surface area contributed by atoms with Gasteiger partial charge >= 0.3 is 5.72 Å². The third kappa shape index (κ3) is 3.78. The molecule has 1 unspecified atom stereocenters. The number of hydrogen-bond acceptors (Lipinski definition) is 4. The Hall–Kier alpha value is -1.46. The predicted octanol–water partition coefficient (Wildman–Crippen LogP) is 1.89. The maximum absolute atomic E-state index is 11.1. The Kier molecular flexibility index (Phi) is 5.74. The highest BCUT2D eigenvalue weighted by molar-refractivity contribution is 5.20. The van der Waals surface area contributed by atoms with Gasteiger partial charge in [-0.3, -0.25) is 10.1 Å². The summed E-state index contributed by atoms with van der Waals surface area (Å²) in [6.45, 7) is 2.70. The number of unbranched alkanes of at least 4 members (excludes halogenated alkanes) is 2. The van der Waals surface area contributed by atoms with E-state index < -0.39 is 10.6 Å². The molecule has 18 heavy (non-hydrogen) atoms. The van der Waals surface area contributed by atoms with E-state index in [4.69, 9.17) is 0 Å². The molecule has 0 amide bonds. The van der Waals surface area contributed by atoms with E-state index in [2.05, 4.69) is 12.2 Å². The zero-order valence-corrected chi connectivity index (χ0v) is 10.6. The maximum Gasteiger partial charge on any atom is 0.361 e. The van der Waals surface area contributed by atoms with Gasteiger partial charge in [-0.15, -0.1) is 0 Å². The Balaban J connectivity index is 2.62. The number of hydrogen-bond donors (Lipinski definition) is 2. The first-order valence-electron chi connectivity index (χ1n) is 6.24. The van der Waals surface area contributed by atoms with E-state index in [0.29, 0.717) is 12.1 Å². The highest BCUT2D eigenvalue weighted by Gasteiger charge is 2.41. The van der Waals surface area contributed by atoms with Gasteiger partial charge in [-0.2, -0.15) is 0 Å². The van der Waals surface area contributed by atoms with Crippen molar-refractivity contribution in [1.82, 2.24) is 5.32 Å². The summed E-state index contributed by atoms with van der Waals surface area (Å²) in [5.41, 5.74) is -1.74. The Morgan fingerprint density at radius 1 is 1.33 bits per heavy atom. The second kappa shape index (κ2) is 7.08. The fourth-order valence-electron chi connectivity index (χ4n) is 1.74. The van der Waals surface area contributed by atoms with Gasteiger partial charge in [-0.05, 0) is 25.1 Å². The normalized spacial score (nSPS) is 14.1. The molecule has 0 aliphatic heterocycles. The van der Waals surface area contributed by atoms with Crippen LogP contribution in [0.1, 0.15) is 31.7 Å². The van der Waals surface area contributed by atoms with Crippen molar-refractivity contribution in [3.8, 4) is 0 Å². The fraction of sp³-hybridized carbons (Fsp3) is 0.538. The zero-order chi connectivity index (χ0) is 13.4. The van der Waals surface area contributed by atoms with Crippen LogP contribution in [-0.2, 0) is 5.72 Å². The number of nitrogens with one attached hydrogen (secondary N) is 1. The lowest BCUT2D eigenvalue weighted by atomic mass is 10.0. The molecule has 0 saturated carbocycles. The largest absolute Gasteiger partial charge is 0.361 e. The van der Waals surface area contributed by atoms with Crippen LogP contribution >= 0.6 is 0 Å². The lowest BCUT2D eigenvalue weighted by Gasteiger charge is -2.20. The molecular formula is C13H20N2O3. The van der Waals surface area contributed by atoms with Gasteiger partial charge < -0.3 is 10.4 Å². The molecule has 0 heterocycles. The number of rotatable bonds is 8. The van der Waals surface area contributed by atoms with E-state index in [1.807, 2.05) is 0 Å². The van der Waals surface area contributed by atoms with Crippen LogP contribution in [-0.4, -0.2) is 23.1 Å². The first-order valence-corrected chi connectivity index (χ1v) is 6.24. The molecule has 0 aliphatic rings. The lowest BCUT2D eigenvalue weighted by molar-refractivity contribution is -0.633. The van der Waals surface area contributed by atoms with Gasteiger partial charge in [0.25, 0.3) is 0 Å². The zero-order valence-electron chi connectivity index (χ0n) is 10.6. The molecule has 0 bridgehead atoms. The van der Waals surface area contributed by atoms with Gasteiger partial charge in [-0.1, -0.05) is 38.0 Å². The molecule has 100 valence electrons. The molecule has 0 radical (unpaired) electrons. The van der Waals surface area contributed by atoms with Crippen molar-refractivity contribution in [3.63, 3.8) is 0 Å². The van der Waals surface area contributed by atoms with Gasteiger partial charge in [0.15, 0.2) is 0 Å². The quantitative estimate of drug-likeness (QED) is 0.320. The summed E-state index contributed by atoms with van der Waals surface area (Å²) in [5, 5.41) is 24.2. The topological polar surface area (TPSA) is 75.4 Å². The van der Waals surface area contributed by atoms with Crippen molar-refractivity contribution in [3.05, 3.63) is 46.0 Å². The van der Waals surface area contributed by atoms with Gasteiger partial charge in [0, 0.05) is 0 Å². The smallest absolute Gasteiger partial charge is 0.326 e. The first-order chi connectivity index (χ1) is 8.61. The van der Waals surface area contributed by atoms with Crippen LogP contribution < -0.4 is 5.32 Å². The molecule has 1 rings (SSSR count). The van der Waals surface area contributed by atoms with E-state index >= 15 is 0 Å². The van der Waals surface area contributed by atoms with Crippen LogP contribution in [0.25, 0.3) is 0 Å². The van der Waals surface area contributed by atoms with Crippen molar-refractivity contribution in [2.45, 2.75) is 31.9 Å². The average Bonchev–Trinajstić information content (AvgIpc) is 2.39. The first kappa shape index (κ1) is 14.6. The summed E-state index contributed by atoms with van der Waals surface area (Å²) in [4.78, 5) is 10.4. The van der Waals surface area contributed by atoms with Crippen LogP contribution in [0.3, 0.4) is 0 Å². The van der Waals surface area contributed by atoms with E-state index in [9.17, 15) is 15.2 Å². The van der Waals surface area contributed by atoms with Crippen LogP contribution in [0.5, 0.6) is 0 Å². The number of nitrogens with zero attached hydrogens (tertiary/aromatic N) is 1. The highest BCUT2D eigenvalue weighted by atomic mass is 16.7. The number of benzene rings is 1. The molecule has 0 saturated heterocycles. The highest BCUT2D eigenvalue weighted by Crippen LogP contribution is 2.20. The molecule has 1 aromatic rings. The van der Waals surface area contributed by atoms with E-state index in [0.717, 1.165) is 19.3 Å². The van der Waals surface area contributed by atoms with Crippen molar-refractivity contribution in [2.75, 3.05) is 13.1 Å². The van der Waals surface area contributed by atoms with Gasteiger partial charge in [0.2, 0.25) is 0 Å². The second-order valence-electron chi connectivity index (χ2n) is 4.32. The van der Waals surface area contributed by atoms with Crippen molar-refractivity contribution >= 4 is 0 Å². The van der Waals surface area contributed by atoms with Crippen molar-refractivity contribution < 1.29 is 10.0 Å². The monoisotopic (exact) mass is 252 g/mol. The number of nitro groups is 1. The van der Waals surface area contributed by atoms with Crippen LogP contribution in [0.4, 0.5) is 0 Å². The average molecular weight is 252 g/mol. The van der Waals surface area contributed by atoms with Crippen LogP contribution in [0.2, 0.25) is 0 Å². The third-order valence-corrected chi connectivity index (χ3v) is 2.87. The minimum atomic E-state index is -2.05. The molecule has 1 aromatic carbocycles. The predicted molar refractivity (Wildman–Crippen MR) is 69.7 cm³/mol. The van der Waals surface area contributed by atoms with Gasteiger partial charge in [0.1, 0.15) is 0 Å². The lowest BCUT2D eigenvalue weighted by Crippen LogP contribution is -2.44. The molecule has 2 N–H and O–H groups in total. The number of aliphatic hydroxyl groups is 1. The van der Waals surface area contributed by atoms with Crippen molar-refractivity contribution in [1.29, 1.82) is 0 Å². The molecule has 1 atom stereocenters. The maximum atomic E-state index is 11.1. The van der Waals surface area contributed by atoms with Crippen LogP contribution in [0, 0.1) is 10.1 Å². The Bertz CT molecular complexity index is 370. The summed E-state index contributed by atoms with van der Waals surface area (Å²) in [7, 11) is 0. The molecule has 0 aromatic heterocycles. The van der Waals surface area contributed by atoms with E-state index in [-0.39, 0.29) is 6.54 Å². The summed E-state index contributed by atoms with van der Waals surface area (Å²) in [5.74, 6) is 0. The molecule has 5 heteroatoms. The minimum absolute atomic E-state index is 0.0757. The summed E-state index contributed by atoms with van der Waals surface area (Å²) >= 11 is 0. The Morgan fingerprint density at radius 2 is 2.00 bits per heavy atom. The van der Waals surface area contributed by atoms with E-state index in [1.165, 1.54) is 0 Å². The second-order valence-corrected chi connectivity index (χ2v) is 4.32. The summed E-state index contributed by atoms with van der Waals surface area (Å²) < 4.78 is 0. The standard InChI is InChI=1S/C13H20N2O3/c1-2-3-7-10-14-11-13(16,15(17)18)12-8-5-4-6-9-12/h4-6,8-9,14,16H,2-3,7,10-11H2,1H3. The molecule has 5 nitrogen and oxygen atoms in total. The Morgan fingerprint density at radius 3 is 2.56 bits per heavy atom. The summed E-state index contributed by atoms with van der Waals surface area (Å²) in [6, 6.07) is 8.26. The van der Waals surface area contributed by atoms with Gasteiger partial charge in [-0.25, -0.2) is 0 Å². The van der Waals surface area contributed by atoms with Gasteiger partial charge in [0.05, 0.1) is 17.0 Å². The third-order valence-electron chi connectivity index (χ3n) is 2.87. The fourth-order valence-corrected chi connectivity index (χ4v) is 1.74. The van der Waals surface area contributed by atoms with Crippen LogP contribution in [0.15, 0.2) is 30.3 Å². The Labute approximate surface area is 107 Å². The summed E-state index contributed by atoms with van der Waals surface area (Å²) in [6.07, 6.45) is 3.13. The minimum Gasteiger partial charge on any atom is -0.326 e. The van der Waals surface area contributed by atoms with E-state index in [1.54, 1.807) is 30.3 Å². The molecule has 0 aliphatic carbocycles. The molecular weight excluding hydrogens is 232 g/mol. The SMILES string of the molecule is CCCCCNCC(O)(c1ccccc1)[N+](=O)[O-]. The molecule has 0 spiro atoms. The van der Waals surface area contributed by atoms with Crippen molar-refractivity contribution in [2.24, 2.45) is 0 Å². The molecule has 0 fully saturated rings.